The lowest BCUT2D eigenvalue weighted by Crippen LogP contribution is -2.09. The van der Waals surface area contributed by atoms with Gasteiger partial charge in [-0.05, 0) is 51.0 Å². The third kappa shape index (κ3) is 9.03. The number of nitrogens with one attached hydrogen (secondary N) is 2. The average Bonchev–Trinajstić information content (AvgIpc) is 3.13. The van der Waals surface area contributed by atoms with E-state index in [4.69, 9.17) is 22.3 Å². The lowest BCUT2D eigenvalue weighted by molar-refractivity contribution is 0.747. The molecule has 0 amide bonds. The summed E-state index contributed by atoms with van der Waals surface area (Å²) in [5.74, 6) is 0.727. The van der Waals surface area contributed by atoms with Crippen LogP contribution in [0.5, 0.6) is 0 Å². The largest absolute Gasteiger partial charge is 0.399 e. The summed E-state index contributed by atoms with van der Waals surface area (Å²) in [6.45, 7) is 20.1. The molecule has 0 bridgehead atoms. The van der Waals surface area contributed by atoms with Gasteiger partial charge in [-0.25, -0.2) is 4.98 Å². The molecule has 1 aromatic rings. The molecule has 6 heteroatoms. The molecule has 0 unspecified atom stereocenters. The minimum Gasteiger partial charge on any atom is -0.399 e. The topological polar surface area (TPSA) is 118 Å². The third-order valence-electron chi connectivity index (χ3n) is 4.60. The second-order valence-electron chi connectivity index (χ2n) is 7.43. The van der Waals surface area contributed by atoms with Crippen molar-refractivity contribution >= 4 is 23.1 Å². The van der Waals surface area contributed by atoms with Crippen molar-refractivity contribution < 1.29 is 0 Å². The van der Waals surface area contributed by atoms with Gasteiger partial charge in [0.15, 0.2) is 0 Å². The van der Waals surface area contributed by atoms with Crippen LogP contribution in [0.15, 0.2) is 54.0 Å². The maximum Gasteiger partial charge on any atom is 0.136 e. The Morgan fingerprint density at radius 3 is 2.06 bits per heavy atom. The molecule has 1 aromatic heterocycles. The first kappa shape index (κ1) is 27.8. The molecule has 0 radical (unpaired) electrons. The zero-order valence-electron chi connectivity index (χ0n) is 20.1. The molecule has 6 nitrogen and oxygen atoms in total. The Labute approximate surface area is 188 Å². The minimum absolute atomic E-state index is 0.329. The predicted molar refractivity (Wildman–Crippen MR) is 136 cm³/mol. The molecule has 1 heterocycles. The summed E-state index contributed by atoms with van der Waals surface area (Å²) in [5.41, 5.74) is 16.5. The normalized spacial score (nSPS) is 12.5. The number of hydrogen-bond donors (Lipinski definition) is 4. The van der Waals surface area contributed by atoms with Gasteiger partial charge >= 0.3 is 0 Å². The lowest BCUT2D eigenvalue weighted by Gasteiger charge is -2.10. The summed E-state index contributed by atoms with van der Waals surface area (Å²) in [5, 5.41) is 15.4. The molecule has 0 aliphatic rings. The van der Waals surface area contributed by atoms with Crippen molar-refractivity contribution in [2.24, 2.45) is 11.5 Å². The van der Waals surface area contributed by atoms with Gasteiger partial charge in [-0.3, -0.25) is 0 Å². The van der Waals surface area contributed by atoms with Gasteiger partial charge in [0, 0.05) is 47.2 Å². The Morgan fingerprint density at radius 2 is 1.68 bits per heavy atom. The molecule has 31 heavy (non-hydrogen) atoms. The quantitative estimate of drug-likeness (QED) is 0.279. The highest BCUT2D eigenvalue weighted by molar-refractivity contribution is 5.96. The molecular weight excluding hydrogens is 384 g/mol. The third-order valence-corrected chi connectivity index (χ3v) is 4.60. The second-order valence-corrected chi connectivity index (χ2v) is 7.43. The Bertz CT molecular complexity index is 891. The van der Waals surface area contributed by atoms with Gasteiger partial charge in [0.25, 0.3) is 0 Å². The summed E-state index contributed by atoms with van der Waals surface area (Å²) < 4.78 is 1.99. The molecular formula is C25H40N6. The highest BCUT2D eigenvalue weighted by atomic mass is 15.1. The first-order valence-electron chi connectivity index (χ1n) is 10.7. The van der Waals surface area contributed by atoms with E-state index in [1.807, 2.05) is 31.5 Å². The van der Waals surface area contributed by atoms with Crippen LogP contribution in [0.1, 0.15) is 72.3 Å². The van der Waals surface area contributed by atoms with E-state index in [1.165, 1.54) is 25.5 Å². The maximum atomic E-state index is 7.77. The molecule has 0 aromatic carbocycles. The summed E-state index contributed by atoms with van der Waals surface area (Å²) in [6, 6.07) is 0. The van der Waals surface area contributed by atoms with Crippen LogP contribution in [0.3, 0.4) is 0 Å². The van der Waals surface area contributed by atoms with Crippen LogP contribution < -0.4 is 11.5 Å². The zero-order chi connectivity index (χ0) is 24.1. The second kappa shape index (κ2) is 14.0. The molecule has 0 aliphatic heterocycles. The van der Waals surface area contributed by atoms with Crippen LogP contribution in [0.4, 0.5) is 0 Å². The molecule has 6 N–H and O–H groups in total. The van der Waals surface area contributed by atoms with Crippen molar-refractivity contribution in [1.82, 2.24) is 9.55 Å². The molecule has 0 spiro atoms. The van der Waals surface area contributed by atoms with Crippen LogP contribution in [-0.4, -0.2) is 21.5 Å². The fourth-order valence-electron chi connectivity index (χ4n) is 2.79. The van der Waals surface area contributed by atoms with E-state index < -0.39 is 0 Å². The number of nitrogens with two attached hydrogens (primary N) is 2. The van der Waals surface area contributed by atoms with Crippen molar-refractivity contribution in [2.45, 2.75) is 67.3 Å². The lowest BCUT2D eigenvalue weighted by atomic mass is 10.0. The van der Waals surface area contributed by atoms with Crippen LogP contribution in [0.2, 0.25) is 0 Å². The number of hydrogen-bond acceptors (Lipinski definition) is 5. The number of imidazole rings is 1. The van der Waals surface area contributed by atoms with Gasteiger partial charge in [0.2, 0.25) is 0 Å². The van der Waals surface area contributed by atoms with Gasteiger partial charge in [-0.1, -0.05) is 46.3 Å². The highest BCUT2D eigenvalue weighted by Gasteiger charge is 2.14. The first-order valence-corrected chi connectivity index (χ1v) is 10.7. The average molecular weight is 425 g/mol. The number of allylic oxidation sites excluding steroid dienone is 5. The number of nitrogens with zero attached hydrogens (tertiary/aromatic N) is 2. The van der Waals surface area contributed by atoms with E-state index in [0.29, 0.717) is 28.3 Å². The summed E-state index contributed by atoms with van der Waals surface area (Å²) in [4.78, 5) is 4.69. The van der Waals surface area contributed by atoms with Crippen molar-refractivity contribution in [3.63, 3.8) is 0 Å². The monoisotopic (exact) mass is 424 g/mol. The van der Waals surface area contributed by atoms with E-state index in [-0.39, 0.29) is 0 Å². The van der Waals surface area contributed by atoms with Gasteiger partial charge in [-0.2, -0.15) is 0 Å². The van der Waals surface area contributed by atoms with E-state index in [9.17, 15) is 0 Å². The van der Waals surface area contributed by atoms with Gasteiger partial charge in [-0.15, -0.1) is 0 Å². The summed E-state index contributed by atoms with van der Waals surface area (Å²) in [7, 11) is 0. The number of aryl methyl sites for hydroxylation is 1. The molecule has 0 fully saturated rings. The van der Waals surface area contributed by atoms with Crippen molar-refractivity contribution in [1.29, 1.82) is 10.8 Å². The molecule has 1 rings (SSSR count). The Kier molecular flexibility index (Phi) is 12.5. The van der Waals surface area contributed by atoms with Crippen LogP contribution in [0.25, 0.3) is 11.1 Å². The van der Waals surface area contributed by atoms with Crippen molar-refractivity contribution in [3.8, 4) is 0 Å². The Balaban J connectivity index is 0.00000161. The smallest absolute Gasteiger partial charge is 0.136 e. The number of unbranched alkanes of at least 4 members (excludes halogenated alkanes) is 2. The Morgan fingerprint density at radius 1 is 1.10 bits per heavy atom. The standard InChI is InChI=1S/C20H28N6.C5H12/c1-7-26-11-19(13(3)8-14(4)22)25-20(26)15(5)17(10-21)18(24)9-12(2)16(6)23;1-3-5-4-2/h8-11,21-22H,2,6-7,23-24H2,1,3-5H3;3-5H2,1-2H3/b13-8+,17-15+,18-9+,21-10?,22-14?;. The van der Waals surface area contributed by atoms with Gasteiger partial charge < -0.3 is 26.9 Å². The Hall–Kier alpha value is -3.15. The fraction of sp³-hybridized carbons (Fsp3) is 0.400. The molecule has 0 saturated carbocycles. The van der Waals surface area contributed by atoms with E-state index in [2.05, 4.69) is 32.0 Å². The van der Waals surface area contributed by atoms with Crippen LogP contribution >= 0.6 is 0 Å². The van der Waals surface area contributed by atoms with Gasteiger partial charge in [0.1, 0.15) is 5.82 Å². The molecule has 0 saturated heterocycles. The van der Waals surface area contributed by atoms with E-state index in [0.717, 1.165) is 29.2 Å². The highest BCUT2D eigenvalue weighted by Crippen LogP contribution is 2.23. The summed E-state index contributed by atoms with van der Waals surface area (Å²) >= 11 is 0. The molecule has 170 valence electrons. The van der Waals surface area contributed by atoms with Crippen molar-refractivity contribution in [3.05, 3.63) is 65.6 Å². The minimum atomic E-state index is 0.329. The first-order chi connectivity index (χ1) is 14.5. The van der Waals surface area contributed by atoms with E-state index >= 15 is 0 Å². The maximum absolute atomic E-state index is 7.77. The SMILES string of the molecule is C=C(N)C(=C)/C=C(N)\C(C=N)=C(/C)c1nc(/C(C)=C/C(C)=N)cn1CC.CCCCC. The molecule has 0 aliphatic carbocycles. The van der Waals surface area contributed by atoms with Crippen LogP contribution in [-0.2, 0) is 6.54 Å². The van der Waals surface area contributed by atoms with Crippen LogP contribution in [0, 0.1) is 10.8 Å². The number of aromatic nitrogens is 2. The van der Waals surface area contributed by atoms with Gasteiger partial charge in [0.05, 0.1) is 5.69 Å². The zero-order valence-corrected chi connectivity index (χ0v) is 20.1. The van der Waals surface area contributed by atoms with E-state index in [1.54, 1.807) is 19.1 Å². The fourth-order valence-corrected chi connectivity index (χ4v) is 2.79. The molecule has 0 atom stereocenters. The number of rotatable bonds is 10. The summed E-state index contributed by atoms with van der Waals surface area (Å²) in [6.07, 6.45) is 10.6. The predicted octanol–water partition coefficient (Wildman–Crippen LogP) is 5.84. The van der Waals surface area contributed by atoms with Crippen molar-refractivity contribution in [2.75, 3.05) is 0 Å².